The monoisotopic (exact) mass is 976 g/mol. The number of aliphatic imine (C=N–C) groups is 1. The molecule has 17 nitrogen and oxygen atoms in total. The van der Waals surface area contributed by atoms with Crippen molar-refractivity contribution < 1.29 is 20.8 Å². The highest BCUT2D eigenvalue weighted by molar-refractivity contribution is 7.80. The van der Waals surface area contributed by atoms with E-state index in [1.54, 1.807) is 12.4 Å². The first-order valence-electron chi connectivity index (χ1n) is 22.3. The van der Waals surface area contributed by atoms with Gasteiger partial charge < -0.3 is 31.2 Å². The minimum absolute atomic E-state index is 0. The molecule has 6 aromatic rings. The summed E-state index contributed by atoms with van der Waals surface area (Å²) in [4.78, 5) is 64.8. The third-order valence-corrected chi connectivity index (χ3v) is 10.1. The number of carbonyl (C=O) groups excluding carboxylic acids is 2. The molecule has 0 radical (unpaired) electrons. The van der Waals surface area contributed by atoms with Gasteiger partial charge in [0, 0.05) is 104 Å². The number of non-ortho nitro benzene ring substituents is 2. The molecule has 19 heteroatoms. The molecule has 0 spiro atoms. The van der Waals surface area contributed by atoms with Gasteiger partial charge >= 0.3 is 0 Å². The Morgan fingerprint density at radius 2 is 1.22 bits per heavy atom. The van der Waals surface area contributed by atoms with E-state index in [0.717, 1.165) is 58.2 Å². The summed E-state index contributed by atoms with van der Waals surface area (Å²) in [6.07, 6.45) is 10.5. The number of hydrogen-bond donors (Lipinski definition) is 5. The molecule has 0 atom stereocenters. The van der Waals surface area contributed by atoms with Gasteiger partial charge in [0.25, 0.3) is 23.2 Å². The Labute approximate surface area is 415 Å². The van der Waals surface area contributed by atoms with Crippen LogP contribution < -0.4 is 16.4 Å². The van der Waals surface area contributed by atoms with Crippen molar-refractivity contribution in [1.29, 1.82) is 0 Å². The fourth-order valence-electron chi connectivity index (χ4n) is 5.93. The molecular formula is C50H61N11O6S2. The molecule has 0 aliphatic carbocycles. The molecule has 0 saturated carbocycles. The molecule has 0 bridgehead atoms. The molecule has 0 unspecified atom stereocenters. The van der Waals surface area contributed by atoms with Crippen LogP contribution in [0.1, 0.15) is 78.5 Å². The zero-order valence-corrected chi connectivity index (χ0v) is 40.2. The van der Waals surface area contributed by atoms with Crippen molar-refractivity contribution in [2.75, 3.05) is 39.3 Å². The van der Waals surface area contributed by atoms with Crippen LogP contribution in [0.15, 0.2) is 103 Å². The van der Waals surface area contributed by atoms with Crippen LogP contribution in [0.5, 0.6) is 0 Å². The summed E-state index contributed by atoms with van der Waals surface area (Å²) in [5, 5.41) is 30.8. The lowest BCUT2D eigenvalue weighted by atomic mass is 10.0. The number of amides is 2. The standard InChI is InChI=1S/C22H20N4O3S.C11H11N3O3.C9H7N3S.C6H15N.2CH4/c27-21(10-5-16-3-7-18(8-4-16)26(28)29)23-13-1-2-19(30)9-6-17-11-14-24-22-20(17)12-15-25-22;12-7-8-13-11(15)6-3-9-1-4-10(5-2-9)14(16)17;13-6-10-5-7-1-3-11-9-8(7)2-4-12-9;1-4-7(5-2)6-3;;/h3-4,7-8,11-12,14-15H,1-2,6,9,13H2,(H,23,27)(H,24,25);1-2,4-5H,7-8,12H2,(H,13,15);1-4H,5H2,(H,11,12);4-6H2,1-3H3;2*1H4/i;;;;1D;. The number of fused-ring (bicyclic) bond motifs is 2. The normalized spacial score (nSPS) is 9.68. The first-order chi connectivity index (χ1) is 33.4. The lowest BCUT2D eigenvalue weighted by molar-refractivity contribution is -0.385. The van der Waals surface area contributed by atoms with Gasteiger partial charge in [-0.15, -0.1) is 0 Å². The lowest BCUT2D eigenvalue weighted by Gasteiger charge is -2.13. The average Bonchev–Trinajstić information content (AvgIpc) is 4.08. The number of nitrogens with two attached hydrogens (primary N) is 1. The van der Waals surface area contributed by atoms with E-state index in [4.69, 9.17) is 19.3 Å². The third-order valence-electron chi connectivity index (χ3n) is 9.57. The van der Waals surface area contributed by atoms with E-state index in [2.05, 4.69) is 102 Å². The maximum absolute atomic E-state index is 11.8. The second kappa shape index (κ2) is 33.9. The number of nitrogens with one attached hydrogen (secondary N) is 4. The Hall–Kier alpha value is -7.51. The van der Waals surface area contributed by atoms with Crippen molar-refractivity contribution in [1.82, 2.24) is 35.5 Å². The molecule has 4 aromatic heterocycles. The third kappa shape index (κ3) is 22.2. The van der Waals surface area contributed by atoms with Crippen LogP contribution >= 0.6 is 24.4 Å². The number of pyridine rings is 2. The smallest absolute Gasteiger partial charge is 0.296 e. The van der Waals surface area contributed by atoms with Gasteiger partial charge in [-0.25, -0.2) is 15.0 Å². The van der Waals surface area contributed by atoms with Crippen molar-refractivity contribution >= 4 is 79.7 Å². The number of carbonyl (C=O) groups is 2. The van der Waals surface area contributed by atoms with Crippen molar-refractivity contribution in [2.24, 2.45) is 10.7 Å². The van der Waals surface area contributed by atoms with Gasteiger partial charge in [0.1, 0.15) is 11.3 Å². The molecule has 0 fully saturated rings. The molecule has 2 amide bonds. The maximum Gasteiger partial charge on any atom is 0.296 e. The highest BCUT2D eigenvalue weighted by Crippen LogP contribution is 2.18. The second-order valence-electron chi connectivity index (χ2n) is 14.0. The first kappa shape index (κ1) is 57.6. The van der Waals surface area contributed by atoms with Crippen molar-refractivity contribution in [3.05, 3.63) is 140 Å². The molecule has 6 N–H and O–H groups in total. The van der Waals surface area contributed by atoms with Crippen molar-refractivity contribution in [2.45, 2.75) is 67.8 Å². The van der Waals surface area contributed by atoms with Crippen molar-refractivity contribution in [3.8, 4) is 23.7 Å². The fourth-order valence-corrected chi connectivity index (χ4v) is 6.24. The average molecular weight is 977 g/mol. The summed E-state index contributed by atoms with van der Waals surface area (Å²) < 4.78 is 5.75. The van der Waals surface area contributed by atoms with Gasteiger partial charge in [0.15, 0.2) is 0 Å². The fraction of sp³-hybridized carbons (Fsp3) is 0.320. The quantitative estimate of drug-likeness (QED) is 0.0153. The van der Waals surface area contributed by atoms with E-state index in [0.29, 0.717) is 37.3 Å². The number of rotatable bonds is 16. The molecule has 0 aliphatic rings. The lowest BCUT2D eigenvalue weighted by Crippen LogP contribution is -2.27. The largest absolute Gasteiger partial charge is 0.346 e. The Morgan fingerprint density at radius 3 is 1.65 bits per heavy atom. The number of aryl methyl sites for hydroxylation is 1. The van der Waals surface area contributed by atoms with Crippen LogP contribution in [0.4, 0.5) is 11.4 Å². The number of aromatic amines is 2. The van der Waals surface area contributed by atoms with E-state index in [1.807, 2.05) is 36.7 Å². The number of isothiocyanates is 1. The topological polar surface area (TPSA) is 243 Å². The van der Waals surface area contributed by atoms with E-state index >= 15 is 0 Å². The van der Waals surface area contributed by atoms with Crippen molar-refractivity contribution in [3.63, 3.8) is 0 Å². The number of nitro benzene ring substituents is 2. The molecule has 2 aromatic carbocycles. The molecule has 0 aliphatic heterocycles. The summed E-state index contributed by atoms with van der Waals surface area (Å²) >= 11 is 9.98. The van der Waals surface area contributed by atoms with Crippen LogP contribution in [-0.2, 0) is 22.6 Å². The highest BCUT2D eigenvalue weighted by atomic mass is 32.1. The summed E-state index contributed by atoms with van der Waals surface area (Å²) in [7, 11) is 1.25. The predicted molar refractivity (Wildman–Crippen MR) is 283 cm³/mol. The van der Waals surface area contributed by atoms with Gasteiger partial charge in [-0.1, -0.05) is 59.7 Å². The Balaban J connectivity index is 0.000000517. The summed E-state index contributed by atoms with van der Waals surface area (Å²) in [5.41, 5.74) is 10.4. The minimum Gasteiger partial charge on any atom is -0.346 e. The van der Waals surface area contributed by atoms with Gasteiger partial charge in [0.2, 0.25) is 0 Å². The maximum atomic E-state index is 11.8. The first-order valence-corrected chi connectivity index (χ1v) is 22.1. The Morgan fingerprint density at radius 1 is 0.754 bits per heavy atom. The van der Waals surface area contributed by atoms with Gasteiger partial charge in [-0.2, -0.15) is 0 Å². The minimum atomic E-state index is -0.495. The predicted octanol–water partition coefficient (Wildman–Crippen LogP) is 8.53. The van der Waals surface area contributed by atoms with Crippen LogP contribution in [0, 0.1) is 43.9 Å². The van der Waals surface area contributed by atoms with E-state index < -0.39 is 15.8 Å². The van der Waals surface area contributed by atoms with Crippen LogP contribution in [0.25, 0.3) is 22.1 Å². The molecule has 69 heavy (non-hydrogen) atoms. The zero-order chi connectivity index (χ0) is 50.8. The Bertz CT molecular complexity index is 2730. The highest BCUT2D eigenvalue weighted by Gasteiger charge is 2.07. The summed E-state index contributed by atoms with van der Waals surface area (Å²) in [6, 6.07) is 19.3. The van der Waals surface area contributed by atoms with Crippen LogP contribution in [0.3, 0.4) is 0 Å². The molecule has 6 rings (SSSR count). The summed E-state index contributed by atoms with van der Waals surface area (Å²) in [6.45, 7) is 11.9. The van der Waals surface area contributed by atoms with Crippen LogP contribution in [0.2, 0.25) is 0 Å². The number of thiocarbonyl (C=S) groups is 2. The number of nitro groups is 2. The van der Waals surface area contributed by atoms with Gasteiger partial charge in [-0.3, -0.25) is 29.8 Å². The van der Waals surface area contributed by atoms with E-state index in [-0.39, 0.29) is 24.7 Å². The molecular weight excluding hydrogens is 915 g/mol. The van der Waals surface area contributed by atoms with E-state index in [9.17, 15) is 29.8 Å². The molecule has 0 saturated heterocycles. The van der Waals surface area contributed by atoms with Crippen LogP contribution in [-0.4, -0.2) is 95.8 Å². The Kier molecular flexibility index (Phi) is 28.3. The number of H-pyrrole nitrogens is 2. The number of benzene rings is 2. The summed E-state index contributed by atoms with van der Waals surface area (Å²) in [5.74, 6) is 9.32. The number of hydrogen-bond acceptors (Lipinski definition) is 13. The molecule has 4 heterocycles. The van der Waals surface area contributed by atoms with E-state index in [1.165, 1.54) is 81.1 Å². The second-order valence-corrected chi connectivity index (χ2v) is 14.8. The number of nitrogens with zero attached hydrogens (tertiary/aromatic N) is 6. The van der Waals surface area contributed by atoms with Gasteiger partial charge in [0.05, 0.1) is 21.6 Å². The SMILES string of the molecule is C.CCN(CC)CC.NCCNC(=O)C#Cc1ccc([N+](=O)[O-])cc1.O=C(C#Cc1ccc([N+](=O)[O-])cc1)NCCCC(=S)CCc1ccnc2[nH]ccc12.S=C=NCc1ccnc2[nH]ccc12.[2H]C. The molecule has 364 valence electrons. The van der Waals surface area contributed by atoms with Gasteiger partial charge in [-0.05, 0) is 122 Å². The number of aromatic nitrogens is 4. The zero-order valence-electron chi connectivity index (χ0n) is 39.5.